The van der Waals surface area contributed by atoms with Crippen LogP contribution in [0.1, 0.15) is 53.8 Å². The fourth-order valence-corrected chi connectivity index (χ4v) is 2.97. The van der Waals surface area contributed by atoms with Crippen LogP contribution in [-0.4, -0.2) is 30.2 Å². The van der Waals surface area contributed by atoms with Crippen molar-refractivity contribution in [3.05, 3.63) is 35.4 Å². The fraction of sp³-hybridized carbons (Fsp3) is 0.500. The molecule has 1 aromatic carbocycles. The van der Waals surface area contributed by atoms with Gasteiger partial charge in [-0.3, -0.25) is 14.4 Å². The summed E-state index contributed by atoms with van der Waals surface area (Å²) >= 11 is 0. The fourth-order valence-electron chi connectivity index (χ4n) is 2.97. The van der Waals surface area contributed by atoms with Crippen molar-refractivity contribution >= 4 is 17.6 Å². The van der Waals surface area contributed by atoms with Crippen molar-refractivity contribution < 1.29 is 14.4 Å². The lowest BCUT2D eigenvalue weighted by Gasteiger charge is -2.25. The molecule has 122 valence electrons. The highest BCUT2D eigenvalue weighted by Gasteiger charge is 2.39. The van der Waals surface area contributed by atoms with Crippen LogP contribution in [0.3, 0.4) is 0 Å². The number of hydrogen-bond acceptors (Lipinski definition) is 3. The number of nitrogens with one attached hydrogen (secondary N) is 2. The van der Waals surface area contributed by atoms with E-state index in [0.29, 0.717) is 24.1 Å². The second-order valence-corrected chi connectivity index (χ2v) is 7.21. The van der Waals surface area contributed by atoms with Crippen molar-refractivity contribution in [2.24, 2.45) is 11.3 Å². The highest BCUT2D eigenvalue weighted by Crippen LogP contribution is 2.32. The van der Waals surface area contributed by atoms with Crippen LogP contribution in [0.25, 0.3) is 0 Å². The van der Waals surface area contributed by atoms with Gasteiger partial charge in [-0.15, -0.1) is 0 Å². The Morgan fingerprint density at radius 1 is 1.17 bits per heavy atom. The first-order valence-electron chi connectivity index (χ1n) is 8.09. The lowest BCUT2D eigenvalue weighted by Crippen LogP contribution is -2.44. The zero-order valence-electron chi connectivity index (χ0n) is 13.5. The number of hydrogen-bond donors (Lipinski definition) is 2. The van der Waals surface area contributed by atoms with Gasteiger partial charge in [0.05, 0.1) is 6.04 Å². The van der Waals surface area contributed by atoms with Crippen LogP contribution >= 0.6 is 0 Å². The molecule has 1 aliphatic carbocycles. The Balaban J connectivity index is 1.58. The monoisotopic (exact) mass is 314 g/mol. The molecule has 1 saturated carbocycles. The number of amides is 2. The molecule has 5 nitrogen and oxygen atoms in total. The summed E-state index contributed by atoms with van der Waals surface area (Å²) in [5.41, 5.74) is 1.04. The lowest BCUT2D eigenvalue weighted by molar-refractivity contribution is -0.119. The van der Waals surface area contributed by atoms with Crippen LogP contribution in [0.15, 0.2) is 24.3 Å². The predicted octanol–water partition coefficient (Wildman–Crippen LogP) is 1.92. The molecule has 1 aromatic rings. The number of benzene rings is 1. The molecular weight excluding hydrogens is 292 g/mol. The topological polar surface area (TPSA) is 75.3 Å². The molecule has 5 heteroatoms. The molecule has 0 aromatic heterocycles. The zero-order chi connectivity index (χ0) is 16.6. The van der Waals surface area contributed by atoms with E-state index in [-0.39, 0.29) is 35.0 Å². The highest BCUT2D eigenvalue weighted by molar-refractivity contribution is 6.01. The minimum atomic E-state index is -0.188. The molecule has 2 aliphatic rings. The lowest BCUT2D eigenvalue weighted by atomic mass is 9.85. The van der Waals surface area contributed by atoms with Gasteiger partial charge in [-0.25, -0.2) is 0 Å². The first-order chi connectivity index (χ1) is 10.9. The van der Waals surface area contributed by atoms with Crippen molar-refractivity contribution in [2.75, 3.05) is 6.54 Å². The maximum absolute atomic E-state index is 12.2. The number of carbonyl (C=O) groups is 3. The van der Waals surface area contributed by atoms with E-state index in [1.54, 1.807) is 24.3 Å². The Morgan fingerprint density at radius 2 is 1.78 bits per heavy atom. The van der Waals surface area contributed by atoms with Crippen molar-refractivity contribution in [2.45, 2.75) is 39.2 Å². The molecule has 2 fully saturated rings. The summed E-state index contributed by atoms with van der Waals surface area (Å²) in [7, 11) is 0. The van der Waals surface area contributed by atoms with E-state index in [9.17, 15) is 14.4 Å². The summed E-state index contributed by atoms with van der Waals surface area (Å²) in [5.74, 6) is 0.194. The van der Waals surface area contributed by atoms with Gasteiger partial charge in [0.25, 0.3) is 5.91 Å². The number of carbonyl (C=O) groups excluding carboxylic acids is 3. The van der Waals surface area contributed by atoms with Gasteiger partial charge in [0.15, 0.2) is 5.78 Å². The number of ketones is 1. The van der Waals surface area contributed by atoms with Crippen LogP contribution in [0.5, 0.6) is 0 Å². The third-order valence-corrected chi connectivity index (χ3v) is 4.74. The Kier molecular flexibility index (Phi) is 3.96. The largest absolute Gasteiger partial charge is 0.351 e. The Bertz CT molecular complexity index is 645. The van der Waals surface area contributed by atoms with E-state index in [2.05, 4.69) is 10.6 Å². The maximum Gasteiger partial charge on any atom is 0.251 e. The third-order valence-electron chi connectivity index (χ3n) is 4.74. The average Bonchev–Trinajstić information content (AvgIpc) is 3.31. The normalized spacial score (nSPS) is 22.5. The van der Waals surface area contributed by atoms with E-state index >= 15 is 0 Å². The number of rotatable bonds is 5. The molecule has 0 spiro atoms. The molecule has 1 aliphatic heterocycles. The van der Waals surface area contributed by atoms with Gasteiger partial charge in [0, 0.05) is 30.0 Å². The molecule has 0 radical (unpaired) electrons. The maximum atomic E-state index is 12.2. The van der Waals surface area contributed by atoms with E-state index in [0.717, 1.165) is 12.8 Å². The van der Waals surface area contributed by atoms with Gasteiger partial charge in [-0.1, -0.05) is 26.0 Å². The van der Waals surface area contributed by atoms with E-state index in [1.807, 2.05) is 13.8 Å². The smallest absolute Gasteiger partial charge is 0.251 e. The van der Waals surface area contributed by atoms with Crippen molar-refractivity contribution in [1.82, 2.24) is 10.6 Å². The minimum Gasteiger partial charge on any atom is -0.351 e. The molecule has 2 amide bonds. The van der Waals surface area contributed by atoms with E-state index in [1.165, 1.54) is 0 Å². The molecule has 2 N–H and O–H groups in total. The van der Waals surface area contributed by atoms with Gasteiger partial charge in [-0.2, -0.15) is 0 Å². The summed E-state index contributed by atoms with van der Waals surface area (Å²) < 4.78 is 0. The van der Waals surface area contributed by atoms with Crippen molar-refractivity contribution in [3.8, 4) is 0 Å². The van der Waals surface area contributed by atoms with Crippen LogP contribution in [-0.2, 0) is 4.79 Å². The van der Waals surface area contributed by atoms with Crippen LogP contribution in [0.2, 0.25) is 0 Å². The van der Waals surface area contributed by atoms with Gasteiger partial charge >= 0.3 is 0 Å². The second kappa shape index (κ2) is 5.80. The van der Waals surface area contributed by atoms with Crippen LogP contribution in [0.4, 0.5) is 0 Å². The Hall–Kier alpha value is -2.17. The summed E-state index contributed by atoms with van der Waals surface area (Å²) in [4.78, 5) is 35.7. The van der Waals surface area contributed by atoms with Gasteiger partial charge in [0.1, 0.15) is 0 Å². The minimum absolute atomic E-state index is 0.0252. The zero-order valence-corrected chi connectivity index (χ0v) is 13.5. The predicted molar refractivity (Wildman–Crippen MR) is 86.2 cm³/mol. The molecule has 0 bridgehead atoms. The molecule has 3 rings (SSSR count). The van der Waals surface area contributed by atoms with Crippen LogP contribution in [0, 0.1) is 11.3 Å². The molecule has 1 unspecified atom stereocenters. The number of Topliss-reactive ketones (excluding diaryl/α,β-unsaturated/α-hetero) is 1. The average molecular weight is 314 g/mol. The summed E-state index contributed by atoms with van der Waals surface area (Å²) in [5, 5.41) is 5.76. The summed E-state index contributed by atoms with van der Waals surface area (Å²) in [6, 6.07) is 6.75. The SMILES string of the molecule is CC1(C)CC(=O)NC1CNC(=O)c1ccc(C(=O)C2CC2)cc1. The molecule has 1 atom stereocenters. The summed E-state index contributed by atoms with van der Waals surface area (Å²) in [6.07, 6.45) is 2.43. The molecule has 1 saturated heterocycles. The standard InChI is InChI=1S/C18H22N2O3/c1-18(2)9-15(21)20-14(18)10-19-17(23)13-7-5-12(6-8-13)16(22)11-3-4-11/h5-8,11,14H,3-4,9-10H2,1-2H3,(H,19,23)(H,20,21). The summed E-state index contributed by atoms with van der Waals surface area (Å²) in [6.45, 7) is 4.43. The van der Waals surface area contributed by atoms with Crippen molar-refractivity contribution in [3.63, 3.8) is 0 Å². The quantitative estimate of drug-likeness (QED) is 0.815. The van der Waals surface area contributed by atoms with E-state index < -0.39 is 0 Å². The van der Waals surface area contributed by atoms with E-state index in [4.69, 9.17) is 0 Å². The molecular formula is C18H22N2O3. The van der Waals surface area contributed by atoms with Crippen LogP contribution < -0.4 is 10.6 Å². The van der Waals surface area contributed by atoms with Crippen molar-refractivity contribution in [1.29, 1.82) is 0 Å². The highest BCUT2D eigenvalue weighted by atomic mass is 16.2. The third kappa shape index (κ3) is 3.44. The van der Waals surface area contributed by atoms with Gasteiger partial charge in [-0.05, 0) is 30.4 Å². The Morgan fingerprint density at radius 3 is 2.30 bits per heavy atom. The van der Waals surface area contributed by atoms with Gasteiger partial charge in [0.2, 0.25) is 5.91 Å². The molecule has 23 heavy (non-hydrogen) atoms. The first-order valence-corrected chi connectivity index (χ1v) is 8.09. The second-order valence-electron chi connectivity index (χ2n) is 7.21. The first kappa shape index (κ1) is 15.7. The molecule has 1 heterocycles. The van der Waals surface area contributed by atoms with Gasteiger partial charge < -0.3 is 10.6 Å². The Labute approximate surface area is 135 Å².